The molecule has 2 aromatic carbocycles. The van der Waals surface area contributed by atoms with E-state index in [-0.39, 0.29) is 5.66 Å². The highest BCUT2D eigenvalue weighted by Crippen LogP contribution is 2.48. The van der Waals surface area contributed by atoms with Crippen LogP contribution in [0.4, 0.5) is 0 Å². The number of rotatable bonds is 5. The summed E-state index contributed by atoms with van der Waals surface area (Å²) in [6, 6.07) is 19.7. The van der Waals surface area contributed by atoms with Crippen LogP contribution in [0.15, 0.2) is 79.4 Å². The first-order chi connectivity index (χ1) is 11.1. The average Bonchev–Trinajstić information content (AvgIpc) is 3.00. The highest BCUT2D eigenvalue weighted by molar-refractivity contribution is 7.79. The van der Waals surface area contributed by atoms with E-state index in [1.54, 1.807) is 0 Å². The zero-order valence-electron chi connectivity index (χ0n) is 13.5. The van der Waals surface area contributed by atoms with E-state index in [0.717, 1.165) is 17.2 Å². The third-order valence-electron chi connectivity index (χ3n) is 4.20. The Labute approximate surface area is 137 Å². The Morgan fingerprint density at radius 2 is 1.52 bits per heavy atom. The number of aryl methyl sites for hydroxylation is 1. The summed E-state index contributed by atoms with van der Waals surface area (Å²) < 4.78 is 18.2. The Bertz CT molecular complexity index is 768. The van der Waals surface area contributed by atoms with Gasteiger partial charge in [0, 0.05) is 10.6 Å². The Morgan fingerprint density at radius 1 is 1.00 bits per heavy atom. The average molecular weight is 325 g/mol. The molecule has 0 bridgehead atoms. The highest BCUT2D eigenvalue weighted by Gasteiger charge is 2.34. The van der Waals surface area contributed by atoms with Gasteiger partial charge >= 0.3 is 0 Å². The van der Waals surface area contributed by atoms with Gasteiger partial charge in [-0.3, -0.25) is 0 Å². The first kappa shape index (κ1) is 15.8. The molecule has 0 spiro atoms. The molecule has 0 aliphatic rings. The molecule has 118 valence electrons. The van der Waals surface area contributed by atoms with Crippen LogP contribution in [0.3, 0.4) is 0 Å². The maximum Gasteiger partial charge on any atom is 0.243 e. The fourth-order valence-electron chi connectivity index (χ4n) is 2.99. The Hall–Kier alpha value is -2.12. The van der Waals surface area contributed by atoms with Gasteiger partial charge < -0.3 is 4.57 Å². The van der Waals surface area contributed by atoms with Crippen molar-refractivity contribution in [2.24, 2.45) is 7.05 Å². The first-order valence-electron chi connectivity index (χ1n) is 7.82. The van der Waals surface area contributed by atoms with E-state index in [2.05, 4.69) is 11.5 Å². The molecule has 0 fully saturated rings. The molecule has 0 aliphatic carbocycles. The van der Waals surface area contributed by atoms with E-state index >= 15 is 0 Å². The lowest BCUT2D eigenvalue weighted by Gasteiger charge is -2.24. The van der Waals surface area contributed by atoms with Crippen LogP contribution < -0.4 is 15.2 Å². The van der Waals surface area contributed by atoms with E-state index in [1.165, 1.54) is 0 Å². The minimum atomic E-state index is -2.70. The van der Waals surface area contributed by atoms with Crippen molar-refractivity contribution >= 4 is 17.8 Å². The van der Waals surface area contributed by atoms with Crippen LogP contribution in [-0.4, -0.2) is 10.2 Å². The molecule has 23 heavy (non-hydrogen) atoms. The Morgan fingerprint density at radius 3 is 1.96 bits per heavy atom. The molecule has 3 rings (SSSR count). The second-order valence-corrected chi connectivity index (χ2v) is 9.18. The van der Waals surface area contributed by atoms with Gasteiger partial charge in [0.2, 0.25) is 6.33 Å². The van der Waals surface area contributed by atoms with Gasteiger partial charge in [-0.2, -0.15) is 0 Å². The minimum absolute atomic E-state index is 0.0136. The lowest BCUT2D eigenvalue weighted by Crippen LogP contribution is -2.28. The predicted molar refractivity (Wildman–Crippen MR) is 94.8 cm³/mol. The van der Waals surface area contributed by atoms with Crippen molar-refractivity contribution in [2.75, 3.05) is 0 Å². The van der Waals surface area contributed by atoms with Gasteiger partial charge in [0.25, 0.3) is 0 Å². The lowest BCUT2D eigenvalue weighted by molar-refractivity contribution is -0.671. The molecule has 0 saturated carbocycles. The topological polar surface area (TPSA) is 25.9 Å². The number of imidazole rings is 1. The summed E-state index contributed by atoms with van der Waals surface area (Å²) in [6.45, 7) is 2.81. The molecule has 1 unspecified atom stereocenters. The Balaban J connectivity index is 2.03. The summed E-state index contributed by atoms with van der Waals surface area (Å²) in [4.78, 5) is 0. The number of nitrogens with zero attached hydrogens (tertiary/aromatic N) is 2. The smallest absolute Gasteiger partial charge is 0.243 e. The van der Waals surface area contributed by atoms with Crippen molar-refractivity contribution in [3.8, 4) is 0 Å². The summed E-state index contributed by atoms with van der Waals surface area (Å²) in [5, 5.41) is 1.85. The van der Waals surface area contributed by atoms with Gasteiger partial charge in [-0.1, -0.05) is 67.6 Å². The van der Waals surface area contributed by atoms with E-state index in [9.17, 15) is 4.57 Å². The van der Waals surface area contributed by atoms with Crippen LogP contribution >= 0.6 is 7.14 Å². The van der Waals surface area contributed by atoms with E-state index in [0.29, 0.717) is 0 Å². The third kappa shape index (κ3) is 3.16. The maximum absolute atomic E-state index is 14.1. The molecule has 1 atom stereocenters. The normalized spacial score (nSPS) is 13.0. The molecule has 1 heterocycles. The van der Waals surface area contributed by atoms with E-state index in [4.69, 9.17) is 0 Å². The quantitative estimate of drug-likeness (QED) is 0.523. The molecule has 0 amide bonds. The lowest BCUT2D eigenvalue weighted by atomic mass is 10.4. The second kappa shape index (κ2) is 6.55. The molecule has 0 radical (unpaired) electrons. The fraction of sp³-hybridized carbons (Fsp3) is 0.211. The summed E-state index contributed by atoms with van der Waals surface area (Å²) in [5.74, 6) is 0. The summed E-state index contributed by atoms with van der Waals surface area (Å²) >= 11 is 0. The van der Waals surface area contributed by atoms with Gasteiger partial charge in [0.15, 0.2) is 0 Å². The molecule has 3 aromatic rings. The van der Waals surface area contributed by atoms with Crippen molar-refractivity contribution in [1.29, 1.82) is 0 Å². The molecule has 0 N–H and O–H groups in total. The van der Waals surface area contributed by atoms with Gasteiger partial charge in [0.1, 0.15) is 19.5 Å². The van der Waals surface area contributed by atoms with Crippen LogP contribution in [0.25, 0.3) is 0 Å². The van der Waals surface area contributed by atoms with Crippen LogP contribution in [-0.2, 0) is 18.2 Å². The molecule has 0 aliphatic heterocycles. The fourth-order valence-corrected chi connectivity index (χ4v) is 5.95. The monoisotopic (exact) mass is 325 g/mol. The number of benzene rings is 2. The van der Waals surface area contributed by atoms with E-state index < -0.39 is 7.14 Å². The van der Waals surface area contributed by atoms with Crippen LogP contribution in [0, 0.1) is 0 Å². The van der Waals surface area contributed by atoms with Crippen LogP contribution in [0.2, 0.25) is 0 Å². The zero-order chi connectivity index (χ0) is 16.3. The third-order valence-corrected chi connectivity index (χ3v) is 7.73. The SMILES string of the molecule is CC(Cn1cc[n+](C)c1)P(=O)(c1ccccc1)c1ccccc1. The Kier molecular flexibility index (Phi) is 4.49. The first-order valence-corrected chi connectivity index (χ1v) is 9.60. The summed E-state index contributed by atoms with van der Waals surface area (Å²) in [5.41, 5.74) is 0.0136. The number of hydrogen-bond acceptors (Lipinski definition) is 1. The van der Waals surface area contributed by atoms with Gasteiger partial charge in [0.05, 0.1) is 19.3 Å². The highest BCUT2D eigenvalue weighted by atomic mass is 31.2. The van der Waals surface area contributed by atoms with Crippen LogP contribution in [0.5, 0.6) is 0 Å². The zero-order valence-corrected chi connectivity index (χ0v) is 14.4. The molecule has 1 aromatic heterocycles. The van der Waals surface area contributed by atoms with E-state index in [1.807, 2.05) is 91.0 Å². The molecular formula is C19H22N2OP+. The standard InChI is InChI=1S/C19H22N2OP/c1-17(15-21-14-13-20(2)16-21)23(22,18-9-5-3-6-10-18)19-11-7-4-8-12-19/h3-14,16-17H,15H2,1-2H3/q+1. The number of aromatic nitrogens is 2. The van der Waals surface area contributed by atoms with Crippen molar-refractivity contribution in [3.63, 3.8) is 0 Å². The molecular weight excluding hydrogens is 303 g/mol. The number of hydrogen-bond donors (Lipinski definition) is 0. The van der Waals surface area contributed by atoms with Gasteiger partial charge in [-0.25, -0.2) is 9.13 Å². The molecule has 4 heteroatoms. The molecule has 3 nitrogen and oxygen atoms in total. The van der Waals surface area contributed by atoms with Crippen molar-refractivity contribution in [2.45, 2.75) is 19.1 Å². The largest absolute Gasteiger partial charge is 0.313 e. The van der Waals surface area contributed by atoms with Crippen molar-refractivity contribution in [3.05, 3.63) is 79.4 Å². The summed E-state index contributed by atoms with van der Waals surface area (Å²) in [6.07, 6.45) is 6.05. The van der Waals surface area contributed by atoms with Crippen molar-refractivity contribution in [1.82, 2.24) is 4.57 Å². The molecule has 0 saturated heterocycles. The second-order valence-electron chi connectivity index (χ2n) is 5.95. The van der Waals surface area contributed by atoms with Gasteiger partial charge in [-0.05, 0) is 0 Å². The predicted octanol–water partition coefficient (Wildman–Crippen LogP) is 2.72. The minimum Gasteiger partial charge on any atom is -0.313 e. The van der Waals surface area contributed by atoms with Crippen molar-refractivity contribution < 1.29 is 9.13 Å². The maximum atomic E-state index is 14.1. The summed E-state index contributed by atoms with van der Waals surface area (Å²) in [7, 11) is -0.706. The van der Waals surface area contributed by atoms with Gasteiger partial charge in [-0.15, -0.1) is 0 Å². The van der Waals surface area contributed by atoms with Crippen LogP contribution in [0.1, 0.15) is 6.92 Å².